The summed E-state index contributed by atoms with van der Waals surface area (Å²) in [7, 11) is 0. The van der Waals surface area contributed by atoms with Crippen molar-refractivity contribution in [1.82, 2.24) is 19.6 Å². The average molecular weight is 363 g/mol. The Morgan fingerprint density at radius 2 is 2.00 bits per heavy atom. The van der Waals surface area contributed by atoms with Crippen LogP contribution in [0, 0.1) is 0 Å². The zero-order valence-corrected chi connectivity index (χ0v) is 13.2. The predicted molar refractivity (Wildman–Crippen MR) is 88.2 cm³/mol. The molecule has 0 saturated heterocycles. The van der Waals surface area contributed by atoms with E-state index in [2.05, 4.69) is 19.8 Å². The Kier molecular flexibility index (Phi) is 3.61. The van der Waals surface area contributed by atoms with Crippen LogP contribution in [0.25, 0.3) is 27.9 Å². The molecule has 0 amide bonds. The summed E-state index contributed by atoms with van der Waals surface area (Å²) in [5, 5.41) is 5.02. The monoisotopic (exact) mass is 362 g/mol. The van der Waals surface area contributed by atoms with E-state index in [0.29, 0.717) is 16.6 Å². The summed E-state index contributed by atoms with van der Waals surface area (Å²) in [5.41, 5.74) is 0.626. The van der Waals surface area contributed by atoms with E-state index >= 15 is 0 Å². The number of alkyl halides is 2. The van der Waals surface area contributed by atoms with E-state index in [9.17, 15) is 13.6 Å². The summed E-state index contributed by atoms with van der Waals surface area (Å²) in [6.45, 7) is -3.03. The van der Waals surface area contributed by atoms with Gasteiger partial charge in [0.15, 0.2) is 11.5 Å². The largest absolute Gasteiger partial charge is 0.434 e. The zero-order chi connectivity index (χ0) is 17.6. The average Bonchev–Trinajstić information content (AvgIpc) is 3.00. The van der Waals surface area contributed by atoms with E-state index in [-0.39, 0.29) is 22.2 Å². The lowest BCUT2D eigenvalue weighted by molar-refractivity contribution is -0.0494. The topological polar surface area (TPSA) is 72.3 Å². The van der Waals surface area contributed by atoms with Gasteiger partial charge in [-0.3, -0.25) is 0 Å². The standard InChI is InChI=1S/C16H9ClF2N4O2/c17-8-5-6-10(12(7-8)25-15(18)19)13-21-14-9-3-1-2-4-11(9)20-16(24)23(14)22-13/h1-7,15H,(H,20,24). The highest BCUT2D eigenvalue weighted by atomic mass is 35.5. The molecule has 2 aromatic heterocycles. The molecule has 0 fully saturated rings. The van der Waals surface area contributed by atoms with Gasteiger partial charge in [-0.25, -0.2) is 9.78 Å². The second kappa shape index (κ2) is 5.82. The van der Waals surface area contributed by atoms with Gasteiger partial charge in [0.05, 0.1) is 11.1 Å². The lowest BCUT2D eigenvalue weighted by atomic mass is 10.2. The van der Waals surface area contributed by atoms with Crippen LogP contribution in [-0.4, -0.2) is 26.2 Å². The molecule has 0 atom stereocenters. The molecule has 1 N–H and O–H groups in total. The molecule has 0 saturated carbocycles. The van der Waals surface area contributed by atoms with Crippen molar-refractivity contribution in [3.05, 3.63) is 58.0 Å². The van der Waals surface area contributed by atoms with Gasteiger partial charge in [-0.1, -0.05) is 23.7 Å². The van der Waals surface area contributed by atoms with Gasteiger partial charge >= 0.3 is 12.3 Å². The normalized spacial score (nSPS) is 11.5. The SMILES string of the molecule is O=c1[nH]c2ccccc2c2nc(-c3ccc(Cl)cc3OC(F)F)nn12. The first-order valence-corrected chi connectivity index (χ1v) is 7.53. The Hall–Kier alpha value is -3.00. The fourth-order valence-electron chi connectivity index (χ4n) is 2.57. The molecule has 0 spiro atoms. The van der Waals surface area contributed by atoms with Crippen molar-refractivity contribution >= 4 is 28.2 Å². The van der Waals surface area contributed by atoms with E-state index in [1.54, 1.807) is 24.3 Å². The molecule has 0 aliphatic carbocycles. The summed E-state index contributed by atoms with van der Waals surface area (Å²) in [5.74, 6) is -0.0895. The third kappa shape index (κ3) is 2.70. The minimum absolute atomic E-state index is 0.0779. The van der Waals surface area contributed by atoms with E-state index in [1.807, 2.05) is 0 Å². The summed E-state index contributed by atoms with van der Waals surface area (Å²) in [6.07, 6.45) is 0. The number of ether oxygens (including phenoxy) is 1. The number of para-hydroxylation sites is 1. The highest BCUT2D eigenvalue weighted by molar-refractivity contribution is 6.30. The van der Waals surface area contributed by atoms with Gasteiger partial charge in [-0.2, -0.15) is 13.3 Å². The Labute approximate surface area is 143 Å². The number of hydrogen-bond acceptors (Lipinski definition) is 4. The van der Waals surface area contributed by atoms with Crippen molar-refractivity contribution < 1.29 is 13.5 Å². The maximum absolute atomic E-state index is 12.7. The van der Waals surface area contributed by atoms with Gasteiger partial charge in [-0.15, -0.1) is 5.10 Å². The fourth-order valence-corrected chi connectivity index (χ4v) is 2.73. The predicted octanol–water partition coefficient (Wildman–Crippen LogP) is 3.49. The number of nitrogens with one attached hydrogen (secondary N) is 1. The summed E-state index contributed by atoms with van der Waals surface area (Å²) < 4.78 is 30.9. The number of aromatic nitrogens is 4. The Morgan fingerprint density at radius 3 is 2.80 bits per heavy atom. The van der Waals surface area contributed by atoms with Crippen LogP contribution >= 0.6 is 11.6 Å². The van der Waals surface area contributed by atoms with Crippen LogP contribution in [0.3, 0.4) is 0 Å². The highest BCUT2D eigenvalue weighted by Gasteiger charge is 2.18. The summed E-state index contributed by atoms with van der Waals surface area (Å²) in [4.78, 5) is 19.2. The van der Waals surface area contributed by atoms with E-state index in [0.717, 1.165) is 4.52 Å². The first-order chi connectivity index (χ1) is 12.0. The van der Waals surface area contributed by atoms with Gasteiger partial charge in [0.1, 0.15) is 5.75 Å². The van der Waals surface area contributed by atoms with Crippen LogP contribution in [-0.2, 0) is 0 Å². The maximum Gasteiger partial charge on any atom is 0.387 e. The van der Waals surface area contributed by atoms with Crippen LogP contribution in [0.5, 0.6) is 5.75 Å². The van der Waals surface area contributed by atoms with Gasteiger partial charge in [-0.05, 0) is 30.3 Å². The van der Waals surface area contributed by atoms with Crippen LogP contribution in [0.4, 0.5) is 8.78 Å². The smallest absolute Gasteiger partial charge is 0.387 e. The van der Waals surface area contributed by atoms with Gasteiger partial charge in [0.25, 0.3) is 0 Å². The Bertz CT molecular complexity index is 1160. The van der Waals surface area contributed by atoms with Crippen molar-refractivity contribution in [2.45, 2.75) is 6.61 Å². The first-order valence-electron chi connectivity index (χ1n) is 7.15. The molecule has 6 nitrogen and oxygen atoms in total. The maximum atomic E-state index is 12.7. The molecule has 0 radical (unpaired) electrons. The molecular formula is C16H9ClF2N4O2. The number of aromatic amines is 1. The summed E-state index contributed by atoms with van der Waals surface area (Å²) >= 11 is 5.84. The Morgan fingerprint density at radius 1 is 1.20 bits per heavy atom. The van der Waals surface area contributed by atoms with Gasteiger partial charge in [0, 0.05) is 10.4 Å². The van der Waals surface area contributed by atoms with Crippen molar-refractivity contribution in [3.63, 3.8) is 0 Å². The number of benzene rings is 2. The van der Waals surface area contributed by atoms with Crippen LogP contribution < -0.4 is 10.4 Å². The van der Waals surface area contributed by atoms with Crippen molar-refractivity contribution in [1.29, 1.82) is 0 Å². The number of H-pyrrole nitrogens is 1. The van der Waals surface area contributed by atoms with Crippen molar-refractivity contribution in [2.24, 2.45) is 0 Å². The minimum atomic E-state index is -3.03. The molecule has 4 aromatic rings. The number of fused-ring (bicyclic) bond motifs is 3. The minimum Gasteiger partial charge on any atom is -0.434 e. The van der Waals surface area contributed by atoms with E-state index in [1.165, 1.54) is 18.2 Å². The molecule has 126 valence electrons. The second-order valence-corrected chi connectivity index (χ2v) is 5.60. The number of nitrogens with zero attached hydrogens (tertiary/aromatic N) is 3. The molecule has 2 heterocycles. The van der Waals surface area contributed by atoms with Gasteiger partial charge in [0.2, 0.25) is 0 Å². The first kappa shape index (κ1) is 15.5. The molecular weight excluding hydrogens is 354 g/mol. The lowest BCUT2D eigenvalue weighted by Crippen LogP contribution is -2.17. The van der Waals surface area contributed by atoms with Crippen molar-refractivity contribution in [3.8, 4) is 17.1 Å². The zero-order valence-electron chi connectivity index (χ0n) is 12.4. The van der Waals surface area contributed by atoms with Crippen LogP contribution in [0.1, 0.15) is 0 Å². The van der Waals surface area contributed by atoms with Crippen molar-refractivity contribution in [2.75, 3.05) is 0 Å². The van der Waals surface area contributed by atoms with E-state index < -0.39 is 12.3 Å². The second-order valence-electron chi connectivity index (χ2n) is 5.17. The summed E-state index contributed by atoms with van der Waals surface area (Å²) in [6, 6.07) is 11.3. The quantitative estimate of drug-likeness (QED) is 0.605. The molecule has 0 aliphatic heterocycles. The lowest BCUT2D eigenvalue weighted by Gasteiger charge is -2.08. The number of rotatable bonds is 3. The molecule has 25 heavy (non-hydrogen) atoms. The van der Waals surface area contributed by atoms with Crippen LogP contribution in [0.2, 0.25) is 5.02 Å². The third-order valence-corrected chi connectivity index (χ3v) is 3.84. The molecule has 0 aliphatic rings. The molecule has 9 heteroatoms. The Balaban J connectivity index is 1.98. The number of halogens is 3. The number of hydrogen-bond donors (Lipinski definition) is 1. The van der Waals surface area contributed by atoms with Crippen LogP contribution in [0.15, 0.2) is 47.3 Å². The highest BCUT2D eigenvalue weighted by Crippen LogP contribution is 2.32. The van der Waals surface area contributed by atoms with E-state index in [4.69, 9.17) is 11.6 Å². The fraction of sp³-hybridized carbons (Fsp3) is 0.0625. The van der Waals surface area contributed by atoms with Gasteiger partial charge < -0.3 is 9.72 Å². The molecule has 2 aromatic carbocycles. The molecule has 4 rings (SSSR count). The molecule has 0 unspecified atom stereocenters. The third-order valence-electron chi connectivity index (χ3n) is 3.61. The molecule has 0 bridgehead atoms.